The molecule has 0 radical (unpaired) electrons. The highest BCUT2D eigenvalue weighted by Crippen LogP contribution is 2.40. The summed E-state index contributed by atoms with van der Waals surface area (Å²) in [4.78, 5) is 0. The molecule has 2 fully saturated rings. The van der Waals surface area contributed by atoms with Gasteiger partial charge in [0.2, 0.25) is 0 Å². The number of benzene rings is 1. The van der Waals surface area contributed by atoms with Crippen LogP contribution in [-0.2, 0) is 11.2 Å². The van der Waals surface area contributed by atoms with E-state index in [1.54, 1.807) is 0 Å². The molecule has 104 valence electrons. The first-order valence-corrected chi connectivity index (χ1v) is 7.72. The van der Waals surface area contributed by atoms with Crippen LogP contribution in [0.3, 0.4) is 0 Å². The van der Waals surface area contributed by atoms with Crippen molar-refractivity contribution in [2.45, 2.75) is 63.7 Å². The van der Waals surface area contributed by atoms with Gasteiger partial charge in [0.05, 0.1) is 11.7 Å². The maximum absolute atomic E-state index is 6.54. The summed E-state index contributed by atoms with van der Waals surface area (Å²) in [5.41, 5.74) is 2.83. The summed E-state index contributed by atoms with van der Waals surface area (Å²) in [6.45, 7) is 5.46. The topological polar surface area (TPSA) is 21.3 Å². The molecule has 2 unspecified atom stereocenters. The van der Waals surface area contributed by atoms with Crippen LogP contribution in [0.15, 0.2) is 24.3 Å². The van der Waals surface area contributed by atoms with Crippen molar-refractivity contribution in [1.29, 1.82) is 0 Å². The number of rotatable bonds is 2. The molecule has 2 aliphatic rings. The van der Waals surface area contributed by atoms with Crippen LogP contribution in [0.2, 0.25) is 0 Å². The zero-order chi connectivity index (χ0) is 13.3. The molecule has 1 aromatic carbocycles. The second-order valence-corrected chi connectivity index (χ2v) is 6.19. The SMILES string of the molecule is CCc1ccc(C2OC3(CCCC3)CNC2C)cc1. The minimum absolute atomic E-state index is 0.112. The van der Waals surface area contributed by atoms with Crippen LogP contribution in [0, 0.1) is 0 Å². The van der Waals surface area contributed by atoms with E-state index >= 15 is 0 Å². The van der Waals surface area contributed by atoms with Gasteiger partial charge in [-0.05, 0) is 37.3 Å². The van der Waals surface area contributed by atoms with Gasteiger partial charge in [-0.3, -0.25) is 0 Å². The average Bonchev–Trinajstić information content (AvgIpc) is 2.90. The molecule has 0 bridgehead atoms. The summed E-state index contributed by atoms with van der Waals surface area (Å²) in [5.74, 6) is 0. The van der Waals surface area contributed by atoms with Gasteiger partial charge in [-0.2, -0.15) is 0 Å². The van der Waals surface area contributed by atoms with Gasteiger partial charge in [0.1, 0.15) is 0 Å². The molecule has 2 heteroatoms. The molecule has 2 atom stereocenters. The maximum Gasteiger partial charge on any atom is 0.0983 e. The molecule has 19 heavy (non-hydrogen) atoms. The second-order valence-electron chi connectivity index (χ2n) is 6.19. The van der Waals surface area contributed by atoms with E-state index in [9.17, 15) is 0 Å². The van der Waals surface area contributed by atoms with Gasteiger partial charge < -0.3 is 10.1 Å². The molecule has 0 amide bonds. The Morgan fingerprint density at radius 2 is 1.89 bits per heavy atom. The number of morpholine rings is 1. The van der Waals surface area contributed by atoms with Crippen LogP contribution in [0.5, 0.6) is 0 Å². The van der Waals surface area contributed by atoms with E-state index in [4.69, 9.17) is 4.74 Å². The molecule has 3 rings (SSSR count). The molecular formula is C17H25NO. The van der Waals surface area contributed by atoms with Crippen molar-refractivity contribution in [3.8, 4) is 0 Å². The number of hydrogen-bond donors (Lipinski definition) is 1. The van der Waals surface area contributed by atoms with Gasteiger partial charge in [0.15, 0.2) is 0 Å². The van der Waals surface area contributed by atoms with Crippen LogP contribution < -0.4 is 5.32 Å². The third-order valence-electron chi connectivity index (χ3n) is 4.81. The third kappa shape index (κ3) is 2.56. The minimum atomic E-state index is 0.112. The normalized spacial score (nSPS) is 29.8. The molecule has 1 aliphatic heterocycles. The van der Waals surface area contributed by atoms with Gasteiger partial charge in [-0.15, -0.1) is 0 Å². The summed E-state index contributed by atoms with van der Waals surface area (Å²) in [6.07, 6.45) is 6.38. The van der Waals surface area contributed by atoms with Gasteiger partial charge in [-0.25, -0.2) is 0 Å². The molecule has 1 saturated heterocycles. The lowest BCUT2D eigenvalue weighted by Gasteiger charge is -2.43. The standard InChI is InChI=1S/C17H25NO/c1-3-14-6-8-15(9-7-14)16-13(2)18-12-17(19-16)10-4-5-11-17/h6-9,13,16,18H,3-5,10-12H2,1-2H3. The number of hydrogen-bond acceptors (Lipinski definition) is 2. The predicted octanol–water partition coefficient (Wildman–Crippen LogP) is 3.61. The highest BCUT2D eigenvalue weighted by Gasteiger charge is 2.42. The molecule has 0 aromatic heterocycles. The zero-order valence-electron chi connectivity index (χ0n) is 12.1. The smallest absolute Gasteiger partial charge is 0.0983 e. The van der Waals surface area contributed by atoms with Crippen LogP contribution in [0.1, 0.15) is 56.8 Å². The highest BCUT2D eigenvalue weighted by atomic mass is 16.5. The Morgan fingerprint density at radius 3 is 2.53 bits per heavy atom. The summed E-state index contributed by atoms with van der Waals surface area (Å²) in [5, 5.41) is 3.67. The van der Waals surface area contributed by atoms with E-state index in [-0.39, 0.29) is 11.7 Å². The molecule has 1 saturated carbocycles. The van der Waals surface area contributed by atoms with E-state index in [0.29, 0.717) is 6.04 Å². The van der Waals surface area contributed by atoms with Crippen LogP contribution in [-0.4, -0.2) is 18.2 Å². The third-order valence-corrected chi connectivity index (χ3v) is 4.81. The van der Waals surface area contributed by atoms with Gasteiger partial charge in [-0.1, -0.05) is 44.0 Å². The van der Waals surface area contributed by atoms with Crippen LogP contribution in [0.25, 0.3) is 0 Å². The number of nitrogens with one attached hydrogen (secondary N) is 1. The molecule has 1 aliphatic carbocycles. The van der Waals surface area contributed by atoms with Crippen molar-refractivity contribution in [3.63, 3.8) is 0 Å². The Labute approximate surface area is 116 Å². The van der Waals surface area contributed by atoms with E-state index in [1.165, 1.54) is 36.8 Å². The molecular weight excluding hydrogens is 234 g/mol. The summed E-state index contributed by atoms with van der Waals surface area (Å²) >= 11 is 0. The second kappa shape index (κ2) is 5.26. The fourth-order valence-electron chi connectivity index (χ4n) is 3.48. The molecule has 1 spiro atoms. The van der Waals surface area contributed by atoms with Gasteiger partial charge >= 0.3 is 0 Å². The average molecular weight is 259 g/mol. The monoisotopic (exact) mass is 259 g/mol. The predicted molar refractivity (Wildman–Crippen MR) is 78.3 cm³/mol. The van der Waals surface area contributed by atoms with Crippen molar-refractivity contribution < 1.29 is 4.74 Å². The molecule has 1 N–H and O–H groups in total. The zero-order valence-corrected chi connectivity index (χ0v) is 12.1. The quantitative estimate of drug-likeness (QED) is 0.876. The lowest BCUT2D eigenvalue weighted by molar-refractivity contribution is -0.131. The van der Waals surface area contributed by atoms with Crippen LogP contribution >= 0.6 is 0 Å². The van der Waals surface area contributed by atoms with Crippen molar-refractivity contribution in [2.24, 2.45) is 0 Å². The first-order valence-electron chi connectivity index (χ1n) is 7.72. The fourth-order valence-corrected chi connectivity index (χ4v) is 3.48. The van der Waals surface area contributed by atoms with Crippen molar-refractivity contribution in [2.75, 3.05) is 6.54 Å². The molecule has 1 aromatic rings. The van der Waals surface area contributed by atoms with Crippen molar-refractivity contribution >= 4 is 0 Å². The Kier molecular flexibility index (Phi) is 3.64. The Bertz CT molecular complexity index is 419. The largest absolute Gasteiger partial charge is 0.364 e. The first kappa shape index (κ1) is 13.1. The summed E-state index contributed by atoms with van der Waals surface area (Å²) in [7, 11) is 0. The maximum atomic E-state index is 6.54. The lowest BCUT2D eigenvalue weighted by Crippen LogP contribution is -2.53. The number of aryl methyl sites for hydroxylation is 1. The lowest BCUT2D eigenvalue weighted by atomic mass is 9.93. The van der Waals surface area contributed by atoms with Crippen molar-refractivity contribution in [3.05, 3.63) is 35.4 Å². The van der Waals surface area contributed by atoms with E-state index in [0.717, 1.165) is 13.0 Å². The summed E-state index contributed by atoms with van der Waals surface area (Å²) < 4.78 is 6.54. The van der Waals surface area contributed by atoms with Crippen LogP contribution in [0.4, 0.5) is 0 Å². The Hall–Kier alpha value is -0.860. The molecule has 1 heterocycles. The van der Waals surface area contributed by atoms with E-state index in [2.05, 4.69) is 43.4 Å². The van der Waals surface area contributed by atoms with Crippen molar-refractivity contribution in [1.82, 2.24) is 5.32 Å². The summed E-state index contributed by atoms with van der Waals surface area (Å²) in [6, 6.07) is 9.37. The minimum Gasteiger partial charge on any atom is -0.364 e. The van der Waals surface area contributed by atoms with E-state index < -0.39 is 0 Å². The number of ether oxygens (including phenoxy) is 1. The Morgan fingerprint density at radius 1 is 1.21 bits per heavy atom. The fraction of sp³-hybridized carbons (Fsp3) is 0.647. The van der Waals surface area contributed by atoms with Gasteiger partial charge in [0.25, 0.3) is 0 Å². The Balaban J connectivity index is 1.80. The van der Waals surface area contributed by atoms with Gasteiger partial charge in [0, 0.05) is 12.6 Å². The highest BCUT2D eigenvalue weighted by molar-refractivity contribution is 5.26. The first-order chi connectivity index (χ1) is 9.22. The van der Waals surface area contributed by atoms with E-state index in [1.807, 2.05) is 0 Å². The molecule has 2 nitrogen and oxygen atoms in total.